The van der Waals surface area contributed by atoms with Gasteiger partial charge in [0, 0.05) is 13.8 Å². The number of carbonyl (C=O) groups is 4. The summed E-state index contributed by atoms with van der Waals surface area (Å²) >= 11 is -0.228. The van der Waals surface area contributed by atoms with E-state index in [1.54, 1.807) is 28.7 Å². The minimum absolute atomic E-state index is 0.101. The van der Waals surface area contributed by atoms with Crippen molar-refractivity contribution in [1.82, 2.24) is 3.56 Å². The van der Waals surface area contributed by atoms with Crippen LogP contribution in [0, 0.1) is 5.92 Å². The van der Waals surface area contributed by atoms with Crippen LogP contribution in [0.4, 0.5) is 0 Å². The first-order valence-electron chi connectivity index (χ1n) is 12.1. The second-order valence-corrected chi connectivity index (χ2v) is 11.1. The third kappa shape index (κ3) is 6.47. The molecule has 0 bridgehead atoms. The van der Waals surface area contributed by atoms with E-state index in [0.717, 1.165) is 4.26 Å². The fourth-order valence-corrected chi connectivity index (χ4v) is 6.40. The van der Waals surface area contributed by atoms with E-state index in [4.69, 9.17) is 23.7 Å². The van der Waals surface area contributed by atoms with Gasteiger partial charge in [0.1, 0.15) is 0 Å². The molecule has 2 heterocycles. The van der Waals surface area contributed by atoms with Crippen LogP contribution in [0.2, 0.25) is 0 Å². The molecule has 1 aromatic heterocycles. The van der Waals surface area contributed by atoms with Gasteiger partial charge in [0.05, 0.1) is 0 Å². The maximum atomic E-state index is 13.1. The van der Waals surface area contributed by atoms with Crippen molar-refractivity contribution in [2.75, 3.05) is 6.61 Å². The molecule has 4 rings (SSSR count). The Bertz CT molecular complexity index is 1440. The normalized spacial score (nSPS) is 22.6. The summed E-state index contributed by atoms with van der Waals surface area (Å²) in [5.41, 5.74) is 0.710. The van der Waals surface area contributed by atoms with Gasteiger partial charge in [-0.05, 0) is 0 Å². The summed E-state index contributed by atoms with van der Waals surface area (Å²) in [5, 5.41) is 0.663. The summed E-state index contributed by atoms with van der Waals surface area (Å²) in [6, 6.07) is 13.8. The van der Waals surface area contributed by atoms with Gasteiger partial charge in [-0.15, -0.1) is 0 Å². The Kier molecular flexibility index (Phi) is 8.69. The van der Waals surface area contributed by atoms with Gasteiger partial charge in [0.15, 0.2) is 0 Å². The van der Waals surface area contributed by atoms with Crippen LogP contribution in [-0.4, -0.2) is 73.4 Å². The molecule has 0 aliphatic carbocycles. The van der Waals surface area contributed by atoms with Crippen LogP contribution < -0.4 is 5.56 Å². The fraction of sp³-hybridized carbons (Fsp3) is 0.370. The second-order valence-electron chi connectivity index (χ2n) is 8.99. The molecular formula is C27H27NO10Se. The van der Waals surface area contributed by atoms with Crippen LogP contribution in [-0.2, 0) is 38.1 Å². The topological polar surface area (TPSA) is 136 Å². The van der Waals surface area contributed by atoms with Gasteiger partial charge < -0.3 is 0 Å². The Balaban J connectivity index is 1.56. The molecule has 0 N–H and O–H groups in total. The molecular weight excluding hydrogens is 577 g/mol. The molecule has 0 spiro atoms. The number of benzene rings is 2. The Morgan fingerprint density at radius 2 is 1.51 bits per heavy atom. The zero-order chi connectivity index (χ0) is 28.3. The molecule has 1 aliphatic heterocycles. The average molecular weight is 604 g/mol. The van der Waals surface area contributed by atoms with E-state index in [0.29, 0.717) is 11.1 Å². The average Bonchev–Trinajstić information content (AvgIpc) is 3.23. The first-order chi connectivity index (χ1) is 18.5. The van der Waals surface area contributed by atoms with Crippen LogP contribution in [0.15, 0.2) is 53.3 Å². The number of esters is 4. The Hall–Kier alpha value is -3.73. The number of fused-ring (bicyclic) bond motifs is 1. The first kappa shape index (κ1) is 28.3. The Labute approximate surface area is 229 Å². The van der Waals surface area contributed by atoms with Gasteiger partial charge >= 0.3 is 206 Å². The van der Waals surface area contributed by atoms with Gasteiger partial charge in [-0.3, -0.25) is 9.59 Å². The van der Waals surface area contributed by atoms with Gasteiger partial charge in [-0.1, -0.05) is 0 Å². The van der Waals surface area contributed by atoms with Crippen molar-refractivity contribution in [3.63, 3.8) is 0 Å². The van der Waals surface area contributed by atoms with E-state index in [1.807, 2.05) is 18.2 Å². The summed E-state index contributed by atoms with van der Waals surface area (Å²) in [5.74, 6) is -3.28. The number of hydrogen-bond donors (Lipinski definition) is 0. The van der Waals surface area contributed by atoms with E-state index in [2.05, 4.69) is 0 Å². The number of carbonyl (C=O) groups excluding carboxylic acids is 4. The van der Waals surface area contributed by atoms with Crippen molar-refractivity contribution in [2.24, 2.45) is 5.92 Å². The van der Waals surface area contributed by atoms with Crippen molar-refractivity contribution >= 4 is 48.3 Å². The quantitative estimate of drug-likeness (QED) is 0.224. The SMILES string of the molecule is CC(=O)OCC1O[C@@H](OC(=O)c2ccc(-n3[se]c4ccccc4c3=O)cc2)C(OC(C)=O)[C@@H](C)[C@H]1OC(C)=O. The summed E-state index contributed by atoms with van der Waals surface area (Å²) in [6.07, 6.45) is -4.40. The summed E-state index contributed by atoms with van der Waals surface area (Å²) in [7, 11) is 0. The van der Waals surface area contributed by atoms with Crippen LogP contribution >= 0.6 is 0 Å². The van der Waals surface area contributed by atoms with Gasteiger partial charge in [-0.25, -0.2) is 0 Å². The van der Waals surface area contributed by atoms with Crippen molar-refractivity contribution < 1.29 is 42.9 Å². The number of aromatic nitrogens is 1. The molecule has 3 aromatic rings. The molecule has 2 aromatic carbocycles. The van der Waals surface area contributed by atoms with E-state index in [-0.39, 0.29) is 32.5 Å². The van der Waals surface area contributed by atoms with Crippen LogP contribution in [0.5, 0.6) is 0 Å². The second kappa shape index (κ2) is 12.0. The molecule has 39 heavy (non-hydrogen) atoms. The van der Waals surface area contributed by atoms with Crippen molar-refractivity contribution in [3.8, 4) is 5.69 Å². The van der Waals surface area contributed by atoms with Crippen LogP contribution in [0.25, 0.3) is 15.3 Å². The molecule has 11 nitrogen and oxygen atoms in total. The first-order valence-corrected chi connectivity index (χ1v) is 13.7. The zero-order valence-corrected chi connectivity index (χ0v) is 23.4. The van der Waals surface area contributed by atoms with Crippen molar-refractivity contribution in [1.29, 1.82) is 0 Å². The molecule has 5 atom stereocenters. The molecule has 2 unspecified atom stereocenters. The standard InChI is InChI=1S/C27H27NO10Se/c1-14-23(35-16(3)30)21(13-34-15(2)29)37-27(24(14)36-17(4)31)38-26(33)18-9-11-19(12-10-18)28-25(32)20-7-5-6-8-22(20)39-28/h5-12,14,21,23-24,27H,13H2,1-4H3/t14-,21?,23+,24?,27-/m0/s1. The third-order valence-electron chi connectivity index (χ3n) is 6.09. The molecule has 0 saturated carbocycles. The molecule has 12 heteroatoms. The molecule has 1 saturated heterocycles. The van der Waals surface area contributed by atoms with Crippen LogP contribution in [0.1, 0.15) is 38.1 Å². The van der Waals surface area contributed by atoms with Crippen molar-refractivity contribution in [3.05, 3.63) is 64.4 Å². The molecule has 0 radical (unpaired) electrons. The van der Waals surface area contributed by atoms with Gasteiger partial charge in [0.2, 0.25) is 0 Å². The predicted octanol–water partition coefficient (Wildman–Crippen LogP) is 1.99. The third-order valence-corrected chi connectivity index (χ3v) is 8.42. The fourth-order valence-electron chi connectivity index (χ4n) is 4.31. The minimum Gasteiger partial charge on any atom is -0.253 e. The molecule has 1 fully saturated rings. The Morgan fingerprint density at radius 1 is 0.872 bits per heavy atom. The monoisotopic (exact) mass is 605 g/mol. The predicted molar refractivity (Wildman–Crippen MR) is 137 cm³/mol. The minimum atomic E-state index is -1.37. The van der Waals surface area contributed by atoms with Crippen LogP contribution in [0.3, 0.4) is 0 Å². The summed E-state index contributed by atoms with van der Waals surface area (Å²) in [6.45, 7) is 4.98. The number of ether oxygens (including phenoxy) is 5. The van der Waals surface area contributed by atoms with Crippen molar-refractivity contribution in [2.45, 2.75) is 52.3 Å². The Morgan fingerprint density at radius 3 is 2.13 bits per heavy atom. The summed E-state index contributed by atoms with van der Waals surface area (Å²) in [4.78, 5) is 60.8. The number of rotatable bonds is 7. The van der Waals surface area contributed by atoms with Gasteiger partial charge in [0.25, 0.3) is 0 Å². The van der Waals surface area contributed by atoms with E-state index in [9.17, 15) is 24.0 Å². The summed E-state index contributed by atoms with van der Waals surface area (Å²) < 4.78 is 29.9. The van der Waals surface area contributed by atoms with Gasteiger partial charge in [-0.2, -0.15) is 0 Å². The number of hydrogen-bond acceptors (Lipinski definition) is 10. The molecule has 0 amide bonds. The molecule has 206 valence electrons. The zero-order valence-electron chi connectivity index (χ0n) is 21.7. The molecule has 1 aliphatic rings. The van der Waals surface area contributed by atoms with E-state index in [1.165, 1.54) is 32.9 Å². The van der Waals surface area contributed by atoms with E-state index >= 15 is 0 Å². The number of nitrogens with zero attached hydrogens (tertiary/aromatic N) is 1. The maximum absolute atomic E-state index is 13.1. The smallest absolute Gasteiger partial charge is 0.253 e. The van der Waals surface area contributed by atoms with E-state index < -0.39 is 54.4 Å².